The molecule has 0 radical (unpaired) electrons. The zero-order valence-electron chi connectivity index (χ0n) is 11.6. The highest BCUT2D eigenvalue weighted by atomic mass is 16.3. The molecule has 1 aromatic heterocycles. The Kier molecular flexibility index (Phi) is 2.89. The first kappa shape index (κ1) is 12.7. The molecular formula is C16H17N3O2. The topological polar surface area (TPSA) is 66.3 Å². The van der Waals surface area contributed by atoms with E-state index in [9.17, 15) is 9.90 Å². The van der Waals surface area contributed by atoms with Crippen molar-refractivity contribution in [3.63, 3.8) is 0 Å². The molecule has 108 valence electrons. The molecule has 1 amide bonds. The maximum absolute atomic E-state index is 12.8. The van der Waals surface area contributed by atoms with Crippen LogP contribution in [0.1, 0.15) is 36.2 Å². The number of para-hydroxylation sites is 2. The fourth-order valence-electron chi connectivity index (χ4n) is 3.67. The van der Waals surface area contributed by atoms with E-state index >= 15 is 0 Å². The summed E-state index contributed by atoms with van der Waals surface area (Å²) in [6.45, 7) is 0. The van der Waals surface area contributed by atoms with Crippen LogP contribution in [-0.4, -0.2) is 44.1 Å². The summed E-state index contributed by atoms with van der Waals surface area (Å²) in [5.41, 5.74) is 1.95. The van der Waals surface area contributed by atoms with Crippen molar-refractivity contribution in [1.29, 1.82) is 0 Å². The summed E-state index contributed by atoms with van der Waals surface area (Å²) in [6.07, 6.45) is 4.62. The van der Waals surface area contributed by atoms with Gasteiger partial charge in [0.15, 0.2) is 0 Å². The van der Waals surface area contributed by atoms with Gasteiger partial charge in [-0.25, -0.2) is 4.98 Å². The van der Waals surface area contributed by atoms with E-state index in [1.165, 1.54) is 0 Å². The molecule has 2 fully saturated rings. The molecule has 0 saturated carbocycles. The van der Waals surface area contributed by atoms with Gasteiger partial charge >= 0.3 is 0 Å². The molecule has 2 aliphatic rings. The van der Waals surface area contributed by atoms with Crippen molar-refractivity contribution in [1.82, 2.24) is 14.9 Å². The lowest BCUT2D eigenvalue weighted by atomic mass is 9.99. The molecule has 2 saturated heterocycles. The number of rotatable bonds is 1. The van der Waals surface area contributed by atoms with Gasteiger partial charge < -0.3 is 10.0 Å². The molecule has 2 bridgehead atoms. The number of carbonyl (C=O) groups excluding carboxylic acids is 1. The van der Waals surface area contributed by atoms with Crippen LogP contribution in [-0.2, 0) is 0 Å². The first-order chi connectivity index (χ1) is 10.2. The largest absolute Gasteiger partial charge is 0.393 e. The molecule has 0 aliphatic carbocycles. The van der Waals surface area contributed by atoms with Gasteiger partial charge in [-0.05, 0) is 37.8 Å². The number of piperidine rings is 1. The Morgan fingerprint density at radius 1 is 1.14 bits per heavy atom. The maximum Gasteiger partial charge on any atom is 0.274 e. The van der Waals surface area contributed by atoms with Crippen LogP contribution in [0.3, 0.4) is 0 Å². The third-order valence-corrected chi connectivity index (χ3v) is 4.61. The lowest BCUT2D eigenvalue weighted by Crippen LogP contribution is -2.48. The highest BCUT2D eigenvalue weighted by Crippen LogP contribution is 2.36. The van der Waals surface area contributed by atoms with Gasteiger partial charge in [0.2, 0.25) is 0 Å². The molecule has 1 N–H and O–H groups in total. The number of fused-ring (bicyclic) bond motifs is 3. The van der Waals surface area contributed by atoms with Crippen LogP contribution in [0.25, 0.3) is 11.0 Å². The van der Waals surface area contributed by atoms with E-state index in [2.05, 4.69) is 9.97 Å². The Bertz CT molecular complexity index is 689. The summed E-state index contributed by atoms with van der Waals surface area (Å²) < 4.78 is 0. The van der Waals surface area contributed by atoms with Crippen LogP contribution in [0.2, 0.25) is 0 Å². The Balaban J connectivity index is 1.67. The Hall–Kier alpha value is -2.01. The van der Waals surface area contributed by atoms with Crippen molar-refractivity contribution in [3.8, 4) is 0 Å². The molecule has 5 nitrogen and oxygen atoms in total. The highest BCUT2D eigenvalue weighted by molar-refractivity contribution is 5.94. The Morgan fingerprint density at radius 2 is 1.81 bits per heavy atom. The fourth-order valence-corrected chi connectivity index (χ4v) is 3.67. The third kappa shape index (κ3) is 2.08. The summed E-state index contributed by atoms with van der Waals surface area (Å²) in [4.78, 5) is 23.4. The van der Waals surface area contributed by atoms with E-state index in [-0.39, 0.29) is 24.1 Å². The Morgan fingerprint density at radius 3 is 2.52 bits per heavy atom. The minimum atomic E-state index is -0.269. The van der Waals surface area contributed by atoms with Crippen LogP contribution in [0.4, 0.5) is 0 Å². The average Bonchev–Trinajstić information content (AvgIpc) is 2.78. The lowest BCUT2D eigenvalue weighted by Gasteiger charge is -2.36. The smallest absolute Gasteiger partial charge is 0.274 e. The number of carbonyl (C=O) groups is 1. The highest BCUT2D eigenvalue weighted by Gasteiger charge is 2.43. The van der Waals surface area contributed by atoms with Crippen LogP contribution in [0, 0.1) is 0 Å². The minimum absolute atomic E-state index is 0.0485. The van der Waals surface area contributed by atoms with Crippen molar-refractivity contribution >= 4 is 16.9 Å². The molecule has 21 heavy (non-hydrogen) atoms. The van der Waals surface area contributed by atoms with E-state index in [0.29, 0.717) is 18.5 Å². The first-order valence-corrected chi connectivity index (χ1v) is 7.45. The molecule has 0 spiro atoms. The molecular weight excluding hydrogens is 266 g/mol. The van der Waals surface area contributed by atoms with Crippen LogP contribution in [0.15, 0.2) is 30.5 Å². The number of benzene rings is 1. The molecule has 3 heterocycles. The van der Waals surface area contributed by atoms with Gasteiger partial charge in [-0.1, -0.05) is 12.1 Å². The number of amides is 1. The van der Waals surface area contributed by atoms with Gasteiger partial charge in [0.05, 0.1) is 23.3 Å². The number of hydrogen-bond acceptors (Lipinski definition) is 4. The van der Waals surface area contributed by atoms with Gasteiger partial charge in [-0.2, -0.15) is 0 Å². The van der Waals surface area contributed by atoms with Crippen molar-refractivity contribution in [2.24, 2.45) is 0 Å². The first-order valence-electron chi connectivity index (χ1n) is 7.45. The van der Waals surface area contributed by atoms with E-state index in [1.54, 1.807) is 6.20 Å². The lowest BCUT2D eigenvalue weighted by molar-refractivity contribution is 0.0282. The fraction of sp³-hybridized carbons (Fsp3) is 0.438. The van der Waals surface area contributed by atoms with Gasteiger partial charge in [0, 0.05) is 12.1 Å². The molecule has 2 unspecified atom stereocenters. The van der Waals surface area contributed by atoms with Crippen LogP contribution < -0.4 is 0 Å². The zero-order chi connectivity index (χ0) is 14.4. The number of nitrogens with zero attached hydrogens (tertiary/aromatic N) is 3. The number of aliphatic hydroxyl groups excluding tert-OH is 1. The summed E-state index contributed by atoms with van der Waals surface area (Å²) in [5, 5.41) is 9.84. The van der Waals surface area contributed by atoms with E-state index < -0.39 is 0 Å². The molecule has 2 aromatic rings. The second-order valence-corrected chi connectivity index (χ2v) is 5.97. The quantitative estimate of drug-likeness (QED) is 0.866. The molecule has 4 rings (SSSR count). The summed E-state index contributed by atoms with van der Waals surface area (Å²) in [6, 6.07) is 7.86. The predicted octanol–water partition coefficient (Wildman–Crippen LogP) is 1.76. The van der Waals surface area contributed by atoms with Gasteiger partial charge in [0.25, 0.3) is 5.91 Å². The summed E-state index contributed by atoms with van der Waals surface area (Å²) in [5.74, 6) is -0.0485. The number of aliphatic hydroxyl groups is 1. The van der Waals surface area contributed by atoms with E-state index in [1.807, 2.05) is 29.2 Å². The SMILES string of the molecule is O=C(c1cnc2ccccc2n1)N1C2CCC1CC(O)C2. The predicted molar refractivity (Wildman–Crippen MR) is 77.8 cm³/mol. The standard InChI is InChI=1S/C16H17N3O2/c20-12-7-10-5-6-11(8-12)19(10)16(21)15-9-17-13-3-1-2-4-14(13)18-15/h1-4,9-12,20H,5-8H2. The summed E-state index contributed by atoms with van der Waals surface area (Å²) >= 11 is 0. The molecule has 2 atom stereocenters. The van der Waals surface area contributed by atoms with Crippen molar-refractivity contribution < 1.29 is 9.90 Å². The molecule has 1 aromatic carbocycles. The van der Waals surface area contributed by atoms with Crippen LogP contribution in [0.5, 0.6) is 0 Å². The Labute approximate surface area is 122 Å². The number of hydrogen-bond donors (Lipinski definition) is 1. The monoisotopic (exact) mass is 283 g/mol. The van der Waals surface area contributed by atoms with Crippen molar-refractivity contribution in [3.05, 3.63) is 36.2 Å². The van der Waals surface area contributed by atoms with Gasteiger partial charge in [-0.15, -0.1) is 0 Å². The molecule has 5 heteroatoms. The molecule has 2 aliphatic heterocycles. The van der Waals surface area contributed by atoms with Gasteiger partial charge in [0.1, 0.15) is 5.69 Å². The van der Waals surface area contributed by atoms with E-state index in [4.69, 9.17) is 0 Å². The van der Waals surface area contributed by atoms with Gasteiger partial charge in [-0.3, -0.25) is 9.78 Å². The second-order valence-electron chi connectivity index (χ2n) is 5.97. The average molecular weight is 283 g/mol. The minimum Gasteiger partial charge on any atom is -0.393 e. The zero-order valence-corrected chi connectivity index (χ0v) is 11.6. The second kappa shape index (κ2) is 4.77. The van der Waals surface area contributed by atoms with Crippen LogP contribution >= 0.6 is 0 Å². The van der Waals surface area contributed by atoms with Crippen molar-refractivity contribution in [2.75, 3.05) is 0 Å². The van der Waals surface area contributed by atoms with E-state index in [0.717, 1.165) is 23.9 Å². The number of aromatic nitrogens is 2. The third-order valence-electron chi connectivity index (χ3n) is 4.61. The summed E-state index contributed by atoms with van der Waals surface area (Å²) in [7, 11) is 0. The maximum atomic E-state index is 12.8. The normalized spacial score (nSPS) is 28.0. The van der Waals surface area contributed by atoms with Crippen molar-refractivity contribution in [2.45, 2.75) is 43.9 Å².